The van der Waals surface area contributed by atoms with Gasteiger partial charge in [-0.05, 0) is 35.9 Å². The maximum atomic E-state index is 13.7. The molecule has 0 spiro atoms. The lowest BCUT2D eigenvalue weighted by Crippen LogP contribution is -2.22. The molecule has 1 aromatic heterocycles. The highest BCUT2D eigenvalue weighted by atomic mass is 32.2. The van der Waals surface area contributed by atoms with Crippen molar-refractivity contribution in [3.63, 3.8) is 0 Å². The molecule has 0 saturated heterocycles. The predicted octanol–water partition coefficient (Wildman–Crippen LogP) is 4.72. The second kappa shape index (κ2) is 10.6. The summed E-state index contributed by atoms with van der Waals surface area (Å²) < 4.78 is 28.8. The van der Waals surface area contributed by atoms with Gasteiger partial charge >= 0.3 is 0 Å². The van der Waals surface area contributed by atoms with Crippen LogP contribution in [0.25, 0.3) is 16.6 Å². The van der Waals surface area contributed by atoms with Gasteiger partial charge in [0.1, 0.15) is 0 Å². The fraction of sp³-hybridized carbons (Fsp3) is 0.231. The summed E-state index contributed by atoms with van der Waals surface area (Å²) >= 11 is 1.43. The standard InChI is InChI=1S/C26H26N2O6S/c1-30-20-13-18-19(14-21(20)31-2)27-26(28(25(18)29)17-9-7-6-8-10-17)35-15-16-11-22(32-3)24(34-5)23(12-16)33-4/h6-14H,15H2,1-5H3. The van der Waals surface area contributed by atoms with Crippen molar-refractivity contribution in [1.82, 2.24) is 9.55 Å². The van der Waals surface area contributed by atoms with Gasteiger partial charge in [0.25, 0.3) is 5.56 Å². The molecule has 8 nitrogen and oxygen atoms in total. The van der Waals surface area contributed by atoms with E-state index in [2.05, 4.69) is 0 Å². The Labute approximate surface area is 207 Å². The molecule has 0 aliphatic carbocycles. The molecular formula is C26H26N2O6S. The minimum atomic E-state index is -0.199. The van der Waals surface area contributed by atoms with Crippen molar-refractivity contribution < 1.29 is 23.7 Å². The van der Waals surface area contributed by atoms with Crippen LogP contribution in [0, 0.1) is 0 Å². The van der Waals surface area contributed by atoms with E-state index in [9.17, 15) is 4.79 Å². The van der Waals surface area contributed by atoms with Crippen LogP contribution < -0.4 is 29.2 Å². The van der Waals surface area contributed by atoms with Crippen LogP contribution in [0.15, 0.2) is 64.5 Å². The van der Waals surface area contributed by atoms with Crippen LogP contribution in [0.4, 0.5) is 0 Å². The molecule has 3 aromatic carbocycles. The van der Waals surface area contributed by atoms with Gasteiger partial charge in [-0.15, -0.1) is 0 Å². The van der Waals surface area contributed by atoms with Crippen LogP contribution in [0.5, 0.6) is 28.7 Å². The molecule has 0 aliphatic rings. The number of para-hydroxylation sites is 1. The zero-order chi connectivity index (χ0) is 24.9. The second-order valence-electron chi connectivity index (χ2n) is 7.42. The number of nitrogens with zero attached hydrogens (tertiary/aromatic N) is 2. The van der Waals surface area contributed by atoms with Crippen LogP contribution in [0.2, 0.25) is 0 Å². The van der Waals surface area contributed by atoms with E-state index >= 15 is 0 Å². The van der Waals surface area contributed by atoms with Crippen molar-refractivity contribution in [3.8, 4) is 34.4 Å². The molecule has 182 valence electrons. The first-order chi connectivity index (χ1) is 17.0. The van der Waals surface area contributed by atoms with Gasteiger partial charge < -0.3 is 23.7 Å². The Balaban J connectivity index is 1.84. The quantitative estimate of drug-likeness (QED) is 0.244. The van der Waals surface area contributed by atoms with E-state index in [1.54, 1.807) is 45.1 Å². The van der Waals surface area contributed by atoms with Crippen LogP contribution in [0.1, 0.15) is 5.56 Å². The molecule has 35 heavy (non-hydrogen) atoms. The lowest BCUT2D eigenvalue weighted by molar-refractivity contribution is 0.324. The van der Waals surface area contributed by atoms with E-state index in [0.717, 1.165) is 5.56 Å². The lowest BCUT2D eigenvalue weighted by atomic mass is 10.2. The van der Waals surface area contributed by atoms with Gasteiger partial charge in [-0.3, -0.25) is 9.36 Å². The molecule has 0 fully saturated rings. The third kappa shape index (κ3) is 4.72. The number of methoxy groups -OCH3 is 5. The van der Waals surface area contributed by atoms with Gasteiger partial charge in [0, 0.05) is 11.8 Å². The number of benzene rings is 3. The summed E-state index contributed by atoms with van der Waals surface area (Å²) in [6.45, 7) is 0. The molecule has 0 unspecified atom stereocenters. The van der Waals surface area contributed by atoms with Crippen molar-refractivity contribution in [3.05, 3.63) is 70.5 Å². The summed E-state index contributed by atoms with van der Waals surface area (Å²) in [6.07, 6.45) is 0. The topological polar surface area (TPSA) is 81.0 Å². The van der Waals surface area contributed by atoms with Gasteiger partial charge in [0.2, 0.25) is 5.75 Å². The Morgan fingerprint density at radius 2 is 1.37 bits per heavy atom. The highest BCUT2D eigenvalue weighted by molar-refractivity contribution is 7.98. The molecule has 0 saturated carbocycles. The van der Waals surface area contributed by atoms with Crippen LogP contribution >= 0.6 is 11.8 Å². The fourth-order valence-corrected chi connectivity index (χ4v) is 4.70. The number of fused-ring (bicyclic) bond motifs is 1. The smallest absolute Gasteiger partial charge is 0.266 e. The first-order valence-corrected chi connectivity index (χ1v) is 11.7. The maximum absolute atomic E-state index is 13.7. The number of hydrogen-bond donors (Lipinski definition) is 0. The summed E-state index contributed by atoms with van der Waals surface area (Å²) in [6, 6.07) is 16.6. The zero-order valence-corrected chi connectivity index (χ0v) is 21.0. The van der Waals surface area contributed by atoms with E-state index in [1.165, 1.54) is 18.9 Å². The number of ether oxygens (including phenoxy) is 5. The third-order valence-electron chi connectivity index (χ3n) is 5.45. The summed E-state index contributed by atoms with van der Waals surface area (Å²) in [7, 11) is 7.81. The molecule has 1 heterocycles. The molecule has 0 N–H and O–H groups in total. The molecule has 0 amide bonds. The minimum absolute atomic E-state index is 0.199. The first-order valence-electron chi connectivity index (χ1n) is 10.7. The normalized spacial score (nSPS) is 10.8. The highest BCUT2D eigenvalue weighted by Crippen LogP contribution is 2.40. The summed E-state index contributed by atoms with van der Waals surface area (Å²) in [5, 5.41) is 0.971. The molecule has 0 bridgehead atoms. The molecule has 0 aliphatic heterocycles. The Morgan fingerprint density at radius 3 is 1.94 bits per heavy atom. The molecule has 0 atom stereocenters. The highest BCUT2D eigenvalue weighted by Gasteiger charge is 2.18. The lowest BCUT2D eigenvalue weighted by Gasteiger charge is -2.16. The molecule has 4 rings (SSSR count). The summed E-state index contributed by atoms with van der Waals surface area (Å²) in [5.74, 6) is 3.13. The fourth-order valence-electron chi connectivity index (χ4n) is 3.76. The van der Waals surface area contributed by atoms with Crippen LogP contribution in [-0.2, 0) is 5.75 Å². The average Bonchev–Trinajstić information content (AvgIpc) is 2.90. The number of rotatable bonds is 9. The Bertz CT molecular complexity index is 1380. The van der Waals surface area contributed by atoms with Crippen molar-refractivity contribution >= 4 is 22.7 Å². The molecule has 4 aromatic rings. The van der Waals surface area contributed by atoms with Crippen molar-refractivity contribution in [2.45, 2.75) is 10.9 Å². The van der Waals surface area contributed by atoms with E-state index in [4.69, 9.17) is 28.7 Å². The average molecular weight is 495 g/mol. The molecule has 0 radical (unpaired) electrons. The van der Waals surface area contributed by atoms with Gasteiger partial charge in [0.05, 0.1) is 52.1 Å². The molecule has 9 heteroatoms. The second-order valence-corrected chi connectivity index (χ2v) is 8.36. The summed E-state index contributed by atoms with van der Waals surface area (Å²) in [4.78, 5) is 18.5. The van der Waals surface area contributed by atoms with Crippen molar-refractivity contribution in [2.75, 3.05) is 35.5 Å². The number of aromatic nitrogens is 2. The monoisotopic (exact) mass is 494 g/mol. The number of thioether (sulfide) groups is 1. The Morgan fingerprint density at radius 1 is 0.771 bits per heavy atom. The van der Waals surface area contributed by atoms with Gasteiger partial charge in [-0.2, -0.15) is 0 Å². The van der Waals surface area contributed by atoms with Crippen molar-refractivity contribution in [1.29, 1.82) is 0 Å². The minimum Gasteiger partial charge on any atom is -0.493 e. The maximum Gasteiger partial charge on any atom is 0.266 e. The zero-order valence-electron chi connectivity index (χ0n) is 20.2. The predicted molar refractivity (Wildman–Crippen MR) is 136 cm³/mol. The van der Waals surface area contributed by atoms with Crippen LogP contribution in [0.3, 0.4) is 0 Å². The first kappa shape index (κ1) is 24.3. The third-order valence-corrected chi connectivity index (χ3v) is 6.46. The van der Waals surface area contributed by atoms with Crippen molar-refractivity contribution in [2.24, 2.45) is 0 Å². The van der Waals surface area contributed by atoms with E-state index in [-0.39, 0.29) is 5.56 Å². The number of hydrogen-bond acceptors (Lipinski definition) is 8. The Hall–Kier alpha value is -3.85. The van der Waals surface area contributed by atoms with Crippen LogP contribution in [-0.4, -0.2) is 45.1 Å². The SMILES string of the molecule is COc1cc2nc(SCc3cc(OC)c(OC)c(OC)c3)n(-c3ccccc3)c(=O)c2cc1OC. The van der Waals surface area contributed by atoms with E-state index in [1.807, 2.05) is 42.5 Å². The van der Waals surface area contributed by atoms with Gasteiger partial charge in [-0.1, -0.05) is 30.0 Å². The summed E-state index contributed by atoms with van der Waals surface area (Å²) in [5.41, 5.74) is 1.96. The molecular weight excluding hydrogens is 468 g/mol. The largest absolute Gasteiger partial charge is 0.493 e. The Kier molecular flexibility index (Phi) is 7.36. The van der Waals surface area contributed by atoms with Gasteiger partial charge in [-0.25, -0.2) is 4.98 Å². The van der Waals surface area contributed by atoms with Gasteiger partial charge in [0.15, 0.2) is 28.2 Å². The van der Waals surface area contributed by atoms with E-state index < -0.39 is 0 Å². The van der Waals surface area contributed by atoms with E-state index in [0.29, 0.717) is 56.2 Å².